The molecule has 0 spiro atoms. The number of amidine groups is 1. The van der Waals surface area contributed by atoms with Crippen molar-refractivity contribution in [1.29, 1.82) is 0 Å². The average molecular weight is 186 g/mol. The van der Waals surface area contributed by atoms with Gasteiger partial charge in [0.1, 0.15) is 0 Å². The van der Waals surface area contributed by atoms with Crippen LogP contribution in [0.2, 0.25) is 0 Å². The molecule has 1 saturated heterocycles. The lowest BCUT2D eigenvalue weighted by Crippen LogP contribution is -2.23. The first-order chi connectivity index (χ1) is 5.95. The number of aliphatic imine (C=N–C) groups is 1. The number of thioether (sulfide) groups is 1. The van der Waals surface area contributed by atoms with Gasteiger partial charge in [-0.2, -0.15) is 0 Å². The minimum atomic E-state index is 0.725. The second-order valence-electron chi connectivity index (χ2n) is 3.04. The summed E-state index contributed by atoms with van der Waals surface area (Å²) in [7, 11) is 0. The Morgan fingerprint density at radius 1 is 1.42 bits per heavy atom. The third-order valence-electron chi connectivity index (χ3n) is 2.09. The summed E-state index contributed by atoms with van der Waals surface area (Å²) >= 11 is 1.89. The van der Waals surface area contributed by atoms with Gasteiger partial charge in [-0.3, -0.25) is 4.99 Å². The first kappa shape index (κ1) is 8.38. The van der Waals surface area contributed by atoms with Gasteiger partial charge in [-0.05, 0) is 12.8 Å². The van der Waals surface area contributed by atoms with Gasteiger partial charge in [0.05, 0.1) is 6.54 Å². The van der Waals surface area contributed by atoms with Gasteiger partial charge in [-0.25, -0.2) is 0 Å². The third kappa shape index (κ3) is 2.14. The fourth-order valence-electron chi connectivity index (χ4n) is 1.41. The first-order valence-corrected chi connectivity index (χ1v) is 5.36. The van der Waals surface area contributed by atoms with Crippen LogP contribution < -0.4 is 5.32 Å². The van der Waals surface area contributed by atoms with E-state index in [2.05, 4.69) is 10.3 Å². The fourth-order valence-corrected chi connectivity index (χ4v) is 2.50. The number of ether oxygens (including phenoxy) is 1. The molecule has 0 atom stereocenters. The largest absolute Gasteiger partial charge is 0.381 e. The molecule has 68 valence electrons. The van der Waals surface area contributed by atoms with Crippen LogP contribution in [0.25, 0.3) is 0 Å². The molecule has 0 bridgehead atoms. The van der Waals surface area contributed by atoms with Crippen LogP contribution in [0.1, 0.15) is 12.8 Å². The quantitative estimate of drug-likeness (QED) is 0.659. The van der Waals surface area contributed by atoms with Gasteiger partial charge < -0.3 is 10.1 Å². The Morgan fingerprint density at radius 2 is 2.25 bits per heavy atom. The lowest BCUT2D eigenvalue weighted by atomic mass is 10.2. The zero-order chi connectivity index (χ0) is 8.23. The topological polar surface area (TPSA) is 33.6 Å². The molecular weight excluding hydrogens is 172 g/mol. The summed E-state index contributed by atoms with van der Waals surface area (Å²) < 4.78 is 5.29. The summed E-state index contributed by atoms with van der Waals surface area (Å²) in [5, 5.41) is 5.14. The van der Waals surface area contributed by atoms with E-state index in [1.165, 1.54) is 12.8 Å². The van der Waals surface area contributed by atoms with Gasteiger partial charge in [-0.1, -0.05) is 11.8 Å². The van der Waals surface area contributed by atoms with E-state index in [1.807, 2.05) is 11.8 Å². The molecule has 0 radical (unpaired) electrons. The van der Waals surface area contributed by atoms with Gasteiger partial charge in [0.15, 0.2) is 5.17 Å². The molecule has 0 aromatic carbocycles. The Balaban J connectivity index is 1.77. The molecule has 1 fully saturated rings. The van der Waals surface area contributed by atoms with Crippen LogP contribution in [-0.4, -0.2) is 36.7 Å². The molecule has 1 N–H and O–H groups in total. The maximum atomic E-state index is 5.29. The number of hydrogen-bond acceptors (Lipinski definition) is 4. The Kier molecular flexibility index (Phi) is 2.89. The van der Waals surface area contributed by atoms with Crippen molar-refractivity contribution in [3.63, 3.8) is 0 Å². The molecule has 0 aromatic rings. The minimum Gasteiger partial charge on any atom is -0.381 e. The predicted octanol–water partition coefficient (Wildman–Crippen LogP) is 0.858. The van der Waals surface area contributed by atoms with Crippen LogP contribution in [-0.2, 0) is 4.74 Å². The van der Waals surface area contributed by atoms with E-state index in [9.17, 15) is 0 Å². The molecule has 0 unspecified atom stereocenters. The molecule has 2 aliphatic heterocycles. The maximum Gasteiger partial charge on any atom is 0.156 e. The second-order valence-corrected chi connectivity index (χ2v) is 4.33. The molecule has 2 aliphatic rings. The van der Waals surface area contributed by atoms with Crippen LogP contribution in [0, 0.1) is 0 Å². The van der Waals surface area contributed by atoms with E-state index >= 15 is 0 Å². The minimum absolute atomic E-state index is 0.725. The van der Waals surface area contributed by atoms with E-state index in [0.717, 1.165) is 36.7 Å². The lowest BCUT2D eigenvalue weighted by molar-refractivity contribution is 0.100. The van der Waals surface area contributed by atoms with Gasteiger partial charge in [-0.15, -0.1) is 0 Å². The lowest BCUT2D eigenvalue weighted by Gasteiger charge is -2.20. The van der Waals surface area contributed by atoms with Crippen molar-refractivity contribution >= 4 is 16.9 Å². The summed E-state index contributed by atoms with van der Waals surface area (Å²) in [5.41, 5.74) is 0. The van der Waals surface area contributed by atoms with Crippen molar-refractivity contribution in [3.05, 3.63) is 0 Å². The van der Waals surface area contributed by atoms with E-state index in [1.54, 1.807) is 0 Å². The summed E-state index contributed by atoms with van der Waals surface area (Å²) in [4.78, 5) is 4.36. The third-order valence-corrected chi connectivity index (χ3v) is 3.39. The number of hydrogen-bond donors (Lipinski definition) is 1. The van der Waals surface area contributed by atoms with E-state index < -0.39 is 0 Å². The first-order valence-electron chi connectivity index (χ1n) is 4.48. The van der Waals surface area contributed by atoms with E-state index in [4.69, 9.17) is 4.74 Å². The molecule has 0 aliphatic carbocycles. The molecule has 2 heterocycles. The van der Waals surface area contributed by atoms with Crippen LogP contribution in [0.4, 0.5) is 0 Å². The average Bonchev–Trinajstić information content (AvgIpc) is 2.59. The molecule has 0 amide bonds. The molecule has 0 saturated carbocycles. The Bertz CT molecular complexity index is 178. The summed E-state index contributed by atoms with van der Waals surface area (Å²) in [6, 6.07) is 0. The Morgan fingerprint density at radius 3 is 2.92 bits per heavy atom. The highest BCUT2D eigenvalue weighted by Crippen LogP contribution is 2.23. The molecule has 3 nitrogen and oxygen atoms in total. The Labute approximate surface area is 77.0 Å². The normalized spacial score (nSPS) is 25.2. The molecule has 2 rings (SSSR count). The van der Waals surface area contributed by atoms with Gasteiger partial charge in [0, 0.05) is 25.0 Å². The number of nitrogens with one attached hydrogen (secondary N) is 1. The molecule has 12 heavy (non-hydrogen) atoms. The monoisotopic (exact) mass is 186 g/mol. The number of rotatable bonds is 1. The zero-order valence-corrected chi connectivity index (χ0v) is 7.90. The van der Waals surface area contributed by atoms with Crippen molar-refractivity contribution in [1.82, 2.24) is 5.32 Å². The van der Waals surface area contributed by atoms with Crippen LogP contribution in [0.5, 0.6) is 0 Å². The van der Waals surface area contributed by atoms with E-state index in [-0.39, 0.29) is 0 Å². The smallest absolute Gasteiger partial charge is 0.156 e. The second kappa shape index (κ2) is 4.14. The van der Waals surface area contributed by atoms with Crippen molar-refractivity contribution < 1.29 is 4.74 Å². The van der Waals surface area contributed by atoms with Crippen LogP contribution >= 0.6 is 11.8 Å². The SMILES string of the molecule is C1CNC(SC2CCOCC2)=N1. The summed E-state index contributed by atoms with van der Waals surface area (Å²) in [5.74, 6) is 0. The van der Waals surface area contributed by atoms with Gasteiger partial charge in [0.25, 0.3) is 0 Å². The summed E-state index contributed by atoms with van der Waals surface area (Å²) in [6.07, 6.45) is 2.34. The maximum absolute atomic E-state index is 5.29. The van der Waals surface area contributed by atoms with Crippen LogP contribution in [0.15, 0.2) is 4.99 Å². The number of nitrogens with zero attached hydrogens (tertiary/aromatic N) is 1. The highest BCUT2D eigenvalue weighted by atomic mass is 32.2. The molecule has 4 heteroatoms. The summed E-state index contributed by atoms with van der Waals surface area (Å²) in [6.45, 7) is 3.81. The van der Waals surface area contributed by atoms with Gasteiger partial charge >= 0.3 is 0 Å². The standard InChI is InChI=1S/C8H14N2OS/c1-5-11-6-2-7(1)12-8-9-3-4-10-8/h7H,1-6H2,(H,9,10). The van der Waals surface area contributed by atoms with Gasteiger partial charge in [0.2, 0.25) is 0 Å². The zero-order valence-electron chi connectivity index (χ0n) is 7.08. The predicted molar refractivity (Wildman–Crippen MR) is 51.7 cm³/mol. The van der Waals surface area contributed by atoms with Crippen LogP contribution in [0.3, 0.4) is 0 Å². The highest BCUT2D eigenvalue weighted by molar-refractivity contribution is 8.14. The van der Waals surface area contributed by atoms with Crippen molar-refractivity contribution in [2.75, 3.05) is 26.3 Å². The highest BCUT2D eigenvalue weighted by Gasteiger charge is 2.17. The van der Waals surface area contributed by atoms with Crippen molar-refractivity contribution in [2.45, 2.75) is 18.1 Å². The van der Waals surface area contributed by atoms with E-state index in [0.29, 0.717) is 0 Å². The fraction of sp³-hybridized carbons (Fsp3) is 0.875. The van der Waals surface area contributed by atoms with Crippen molar-refractivity contribution in [2.24, 2.45) is 4.99 Å². The molecule has 0 aromatic heterocycles. The Hall–Kier alpha value is -0.220. The molecular formula is C8H14N2OS. The van der Waals surface area contributed by atoms with Crippen molar-refractivity contribution in [3.8, 4) is 0 Å².